The first-order valence-corrected chi connectivity index (χ1v) is 10.8. The van der Waals surface area contributed by atoms with Gasteiger partial charge >= 0.3 is 0 Å². The van der Waals surface area contributed by atoms with Gasteiger partial charge in [0, 0.05) is 29.0 Å². The molecule has 0 saturated heterocycles. The Labute approximate surface area is 178 Å². The Bertz CT molecular complexity index is 1080. The van der Waals surface area contributed by atoms with E-state index in [1.807, 2.05) is 12.4 Å². The van der Waals surface area contributed by atoms with E-state index in [2.05, 4.69) is 76.6 Å². The Kier molecular flexibility index (Phi) is 6.55. The number of rotatable bonds is 9. The van der Waals surface area contributed by atoms with Crippen LogP contribution in [0.4, 0.5) is 0 Å². The van der Waals surface area contributed by atoms with E-state index < -0.39 is 0 Å². The first-order chi connectivity index (χ1) is 14.7. The molecule has 0 unspecified atom stereocenters. The number of hydrogen-bond acceptors (Lipinski definition) is 3. The van der Waals surface area contributed by atoms with E-state index in [1.165, 1.54) is 44.4 Å². The average Bonchev–Trinajstić information content (AvgIpc) is 3.12. The van der Waals surface area contributed by atoms with Crippen LogP contribution in [0, 0.1) is 13.8 Å². The summed E-state index contributed by atoms with van der Waals surface area (Å²) < 4.78 is 0. The van der Waals surface area contributed by atoms with Crippen molar-refractivity contribution in [3.8, 4) is 11.3 Å². The molecule has 4 nitrogen and oxygen atoms in total. The highest BCUT2D eigenvalue weighted by Crippen LogP contribution is 2.31. The lowest BCUT2D eigenvalue weighted by Gasteiger charge is -2.09. The second-order valence-corrected chi connectivity index (χ2v) is 8.10. The van der Waals surface area contributed by atoms with Crippen LogP contribution in [0.2, 0.25) is 0 Å². The molecule has 0 aliphatic heterocycles. The summed E-state index contributed by atoms with van der Waals surface area (Å²) in [7, 11) is 0. The summed E-state index contributed by atoms with van der Waals surface area (Å²) in [5.41, 5.74) is 8.98. The number of aromatic amines is 1. The lowest BCUT2D eigenvalue weighted by molar-refractivity contribution is 0.622. The molecule has 4 aromatic rings. The monoisotopic (exact) mass is 398 g/mol. The van der Waals surface area contributed by atoms with E-state index in [-0.39, 0.29) is 0 Å². The van der Waals surface area contributed by atoms with Crippen molar-refractivity contribution < 1.29 is 0 Å². The van der Waals surface area contributed by atoms with E-state index in [0.29, 0.717) is 0 Å². The van der Waals surface area contributed by atoms with Gasteiger partial charge in [-0.05, 0) is 87.5 Å². The summed E-state index contributed by atoms with van der Waals surface area (Å²) in [5, 5.41) is 4.96. The largest absolute Gasteiger partial charge is 0.354 e. The van der Waals surface area contributed by atoms with E-state index in [9.17, 15) is 0 Å². The maximum atomic E-state index is 4.08. The molecule has 0 atom stereocenters. The van der Waals surface area contributed by atoms with E-state index in [4.69, 9.17) is 0 Å². The maximum absolute atomic E-state index is 4.08. The van der Waals surface area contributed by atoms with Crippen LogP contribution in [0.3, 0.4) is 0 Å². The van der Waals surface area contributed by atoms with E-state index in [1.54, 1.807) is 6.33 Å². The predicted octanol–water partition coefficient (Wildman–Crippen LogP) is 5.40. The van der Waals surface area contributed by atoms with Crippen molar-refractivity contribution in [2.24, 2.45) is 0 Å². The van der Waals surface area contributed by atoms with Crippen LogP contribution in [0.15, 0.2) is 61.2 Å². The minimum Gasteiger partial charge on any atom is -0.354 e. The summed E-state index contributed by atoms with van der Waals surface area (Å²) in [6, 6.07) is 15.4. The van der Waals surface area contributed by atoms with Crippen LogP contribution in [0.5, 0.6) is 0 Å². The van der Waals surface area contributed by atoms with E-state index >= 15 is 0 Å². The summed E-state index contributed by atoms with van der Waals surface area (Å²) in [4.78, 5) is 11.8. The van der Waals surface area contributed by atoms with Crippen molar-refractivity contribution >= 4 is 10.9 Å². The van der Waals surface area contributed by atoms with Crippen LogP contribution < -0.4 is 5.32 Å². The van der Waals surface area contributed by atoms with Gasteiger partial charge in [-0.15, -0.1) is 0 Å². The van der Waals surface area contributed by atoms with Gasteiger partial charge in [0.15, 0.2) is 0 Å². The van der Waals surface area contributed by atoms with Crippen molar-refractivity contribution in [3.63, 3.8) is 0 Å². The first-order valence-electron chi connectivity index (χ1n) is 10.8. The minimum atomic E-state index is 0.980. The van der Waals surface area contributed by atoms with E-state index in [0.717, 1.165) is 38.8 Å². The van der Waals surface area contributed by atoms with Crippen molar-refractivity contribution in [1.82, 2.24) is 20.3 Å². The van der Waals surface area contributed by atoms with Gasteiger partial charge in [0.2, 0.25) is 0 Å². The Morgan fingerprint density at radius 3 is 2.43 bits per heavy atom. The number of benzene rings is 2. The number of nitrogens with zero attached hydrogens (tertiary/aromatic N) is 2. The Morgan fingerprint density at radius 2 is 1.63 bits per heavy atom. The fraction of sp³-hybridized carbons (Fsp3) is 0.308. The highest BCUT2D eigenvalue weighted by atomic mass is 14.8. The topological polar surface area (TPSA) is 53.6 Å². The summed E-state index contributed by atoms with van der Waals surface area (Å²) in [6.45, 7) is 6.35. The van der Waals surface area contributed by atoms with Gasteiger partial charge in [0.1, 0.15) is 6.33 Å². The Hall–Kier alpha value is -2.98. The lowest BCUT2D eigenvalue weighted by atomic mass is 9.99. The number of nitrogens with one attached hydrogen (secondary N) is 2. The van der Waals surface area contributed by atoms with Gasteiger partial charge in [-0.2, -0.15) is 0 Å². The maximum Gasteiger partial charge on any atom is 0.115 e. The molecule has 154 valence electrons. The van der Waals surface area contributed by atoms with Crippen molar-refractivity contribution in [3.05, 3.63) is 83.4 Å². The van der Waals surface area contributed by atoms with Crippen LogP contribution in [-0.2, 0) is 12.8 Å². The third-order valence-electron chi connectivity index (χ3n) is 5.56. The van der Waals surface area contributed by atoms with Crippen LogP contribution >= 0.6 is 0 Å². The normalized spacial score (nSPS) is 11.3. The van der Waals surface area contributed by atoms with Gasteiger partial charge in [-0.1, -0.05) is 35.4 Å². The lowest BCUT2D eigenvalue weighted by Crippen LogP contribution is -2.18. The zero-order valence-electron chi connectivity index (χ0n) is 17.9. The number of hydrogen-bond donors (Lipinski definition) is 2. The molecule has 0 amide bonds. The minimum absolute atomic E-state index is 0.980. The second-order valence-electron chi connectivity index (χ2n) is 8.10. The molecule has 30 heavy (non-hydrogen) atoms. The SMILES string of the molecule is Cc1cc(C)cc(-c2[nH]c3ccccc3c2CCNCCCCc2cncnc2)c1. The van der Waals surface area contributed by atoms with Crippen molar-refractivity contribution in [2.45, 2.75) is 39.5 Å². The molecule has 2 heterocycles. The number of fused-ring (bicyclic) bond motifs is 1. The fourth-order valence-corrected chi connectivity index (χ4v) is 4.20. The average molecular weight is 399 g/mol. The van der Waals surface area contributed by atoms with Crippen LogP contribution in [0.1, 0.15) is 35.1 Å². The molecule has 0 fully saturated rings. The quantitative estimate of drug-likeness (QED) is 0.371. The predicted molar refractivity (Wildman–Crippen MR) is 125 cm³/mol. The molecule has 0 saturated carbocycles. The Morgan fingerprint density at radius 1 is 0.867 bits per heavy atom. The molecular formula is C26H30N4. The third-order valence-corrected chi connectivity index (χ3v) is 5.56. The molecule has 0 radical (unpaired) electrons. The first kappa shape index (κ1) is 20.3. The van der Waals surface area contributed by atoms with Gasteiger partial charge in [-0.3, -0.25) is 0 Å². The number of H-pyrrole nitrogens is 1. The molecule has 2 aromatic carbocycles. The van der Waals surface area contributed by atoms with Gasteiger partial charge in [-0.25, -0.2) is 9.97 Å². The summed E-state index contributed by atoms with van der Waals surface area (Å²) in [5.74, 6) is 0. The van der Waals surface area contributed by atoms with Crippen molar-refractivity contribution in [2.75, 3.05) is 13.1 Å². The van der Waals surface area contributed by atoms with Crippen LogP contribution in [0.25, 0.3) is 22.2 Å². The molecule has 0 aliphatic rings. The molecule has 0 spiro atoms. The number of aryl methyl sites for hydroxylation is 3. The number of para-hydroxylation sites is 1. The molecule has 0 bridgehead atoms. The van der Waals surface area contributed by atoms with Crippen LogP contribution in [-0.4, -0.2) is 28.0 Å². The smallest absolute Gasteiger partial charge is 0.115 e. The fourth-order valence-electron chi connectivity index (χ4n) is 4.20. The molecular weight excluding hydrogens is 368 g/mol. The zero-order chi connectivity index (χ0) is 20.8. The molecule has 2 aromatic heterocycles. The highest BCUT2D eigenvalue weighted by Gasteiger charge is 2.13. The summed E-state index contributed by atoms with van der Waals surface area (Å²) >= 11 is 0. The Balaban J connectivity index is 1.38. The third kappa shape index (κ3) is 4.95. The zero-order valence-corrected chi connectivity index (χ0v) is 17.9. The van der Waals surface area contributed by atoms with Gasteiger partial charge in [0.05, 0.1) is 0 Å². The molecule has 0 aliphatic carbocycles. The summed E-state index contributed by atoms with van der Waals surface area (Å²) in [6.07, 6.45) is 9.77. The number of unbranched alkanes of at least 4 members (excludes halogenated alkanes) is 1. The molecule has 2 N–H and O–H groups in total. The van der Waals surface area contributed by atoms with Gasteiger partial charge < -0.3 is 10.3 Å². The van der Waals surface area contributed by atoms with Crippen molar-refractivity contribution in [1.29, 1.82) is 0 Å². The second kappa shape index (κ2) is 9.68. The molecule has 4 rings (SSSR count). The standard InChI is InChI=1S/C26H30N4/c1-19-13-20(2)15-22(14-19)26-24(23-8-3-4-9-25(23)30-26)10-12-27-11-6-5-7-21-16-28-18-29-17-21/h3-4,8-9,13-18,27,30H,5-7,10-12H2,1-2H3. The number of aromatic nitrogens is 3. The van der Waals surface area contributed by atoms with Gasteiger partial charge in [0.25, 0.3) is 0 Å². The molecule has 4 heteroatoms. The highest BCUT2D eigenvalue weighted by molar-refractivity contribution is 5.91.